The number of fused-ring (bicyclic) bond motifs is 1. The number of aryl methyl sites for hydroxylation is 2. The highest BCUT2D eigenvalue weighted by Gasteiger charge is 2.52. The molecule has 12 heteroatoms. The fourth-order valence-electron chi connectivity index (χ4n) is 5.54. The molecule has 4 N–H and O–H groups in total. The van der Waals surface area contributed by atoms with Gasteiger partial charge in [-0.2, -0.15) is 5.10 Å². The second-order valence-electron chi connectivity index (χ2n) is 9.11. The molecule has 1 aromatic carbocycles. The van der Waals surface area contributed by atoms with Gasteiger partial charge in [-0.15, -0.1) is 5.10 Å². The van der Waals surface area contributed by atoms with Crippen molar-refractivity contribution in [3.8, 4) is 0 Å². The highest BCUT2D eigenvalue weighted by molar-refractivity contribution is 6.31. The minimum absolute atomic E-state index is 0.0308. The van der Waals surface area contributed by atoms with Crippen LogP contribution in [-0.2, 0) is 19.7 Å². The number of nitrogens with zero attached hydrogens (tertiary/aromatic N) is 6. The molecular weight excluding hydrogens is 451 g/mol. The number of anilines is 2. The summed E-state index contributed by atoms with van der Waals surface area (Å²) < 4.78 is 16.5. The fraction of sp³-hybridized carbons (Fsp3) is 0.476. The number of tetrazole rings is 1. The van der Waals surface area contributed by atoms with Gasteiger partial charge in [0.15, 0.2) is 5.82 Å². The molecule has 0 aliphatic heterocycles. The number of benzene rings is 1. The molecule has 2 aliphatic carbocycles. The fourth-order valence-corrected chi connectivity index (χ4v) is 5.72. The van der Waals surface area contributed by atoms with Crippen LogP contribution in [0.4, 0.5) is 15.9 Å². The van der Waals surface area contributed by atoms with Gasteiger partial charge in [-0.05, 0) is 66.1 Å². The van der Waals surface area contributed by atoms with E-state index in [2.05, 4.69) is 25.9 Å². The first-order valence-electron chi connectivity index (χ1n) is 10.7. The van der Waals surface area contributed by atoms with E-state index in [0.29, 0.717) is 35.6 Å². The van der Waals surface area contributed by atoms with E-state index in [1.807, 2.05) is 0 Å². The maximum atomic E-state index is 13.5. The second-order valence-corrected chi connectivity index (χ2v) is 9.51. The first kappa shape index (κ1) is 21.8. The molecule has 1 amide bonds. The molecule has 0 bridgehead atoms. The van der Waals surface area contributed by atoms with Crippen LogP contribution in [0.3, 0.4) is 0 Å². The van der Waals surface area contributed by atoms with E-state index in [0.717, 1.165) is 12.8 Å². The van der Waals surface area contributed by atoms with Crippen LogP contribution in [0.15, 0.2) is 18.2 Å². The number of aromatic nitrogens is 6. The molecule has 2 aliphatic rings. The third-order valence-electron chi connectivity index (χ3n) is 6.99. The topological polar surface area (TPSA) is 137 Å². The number of aliphatic hydroxyl groups is 1. The minimum atomic E-state index is -1.05. The molecule has 2 heterocycles. The Labute approximate surface area is 193 Å². The molecule has 33 heavy (non-hydrogen) atoms. The number of carbonyl (C=O) groups is 1. The number of halogens is 2. The minimum Gasteiger partial charge on any atom is -0.383 e. The number of hydrogen-bond donors (Lipinski definition) is 3. The smallest absolute Gasteiger partial charge is 0.261 e. The number of carbonyl (C=O) groups excluding carboxylic acids is 1. The maximum Gasteiger partial charge on any atom is 0.261 e. The molecule has 0 saturated heterocycles. The lowest BCUT2D eigenvalue weighted by molar-refractivity contribution is 0.0217. The summed E-state index contributed by atoms with van der Waals surface area (Å²) in [5, 5.41) is 29.9. The summed E-state index contributed by atoms with van der Waals surface area (Å²) in [5.74, 6) is 0.299. The van der Waals surface area contributed by atoms with Gasteiger partial charge in [0.2, 0.25) is 0 Å². The van der Waals surface area contributed by atoms with Crippen molar-refractivity contribution >= 4 is 29.0 Å². The summed E-state index contributed by atoms with van der Waals surface area (Å²) in [6.07, 6.45) is 2.66. The molecule has 2 atom stereocenters. The van der Waals surface area contributed by atoms with Crippen molar-refractivity contribution in [2.24, 2.45) is 25.9 Å². The molecule has 10 nitrogen and oxygen atoms in total. The molecule has 5 rings (SSSR count). The van der Waals surface area contributed by atoms with Crippen molar-refractivity contribution in [2.45, 2.75) is 37.2 Å². The van der Waals surface area contributed by atoms with Gasteiger partial charge in [0.05, 0.1) is 10.7 Å². The largest absolute Gasteiger partial charge is 0.383 e. The molecule has 0 spiro atoms. The van der Waals surface area contributed by atoms with Gasteiger partial charge in [-0.1, -0.05) is 11.6 Å². The normalized spacial score (nSPS) is 26.5. The Morgan fingerprint density at radius 2 is 1.97 bits per heavy atom. The van der Waals surface area contributed by atoms with Crippen molar-refractivity contribution in [2.75, 3.05) is 11.1 Å². The summed E-state index contributed by atoms with van der Waals surface area (Å²) in [6.45, 7) is 0. The Balaban J connectivity index is 1.36. The van der Waals surface area contributed by atoms with Crippen LogP contribution >= 0.6 is 11.6 Å². The van der Waals surface area contributed by atoms with Crippen molar-refractivity contribution in [3.05, 3.63) is 46.1 Å². The van der Waals surface area contributed by atoms with Crippen LogP contribution in [0, 0.1) is 17.7 Å². The Morgan fingerprint density at radius 1 is 1.27 bits per heavy atom. The molecule has 2 fully saturated rings. The number of amides is 1. The Morgan fingerprint density at radius 3 is 2.58 bits per heavy atom. The zero-order valence-electron chi connectivity index (χ0n) is 18.2. The maximum absolute atomic E-state index is 13.5. The van der Waals surface area contributed by atoms with E-state index in [9.17, 15) is 14.3 Å². The van der Waals surface area contributed by atoms with E-state index in [1.54, 1.807) is 14.1 Å². The molecule has 2 saturated carbocycles. The van der Waals surface area contributed by atoms with E-state index in [4.69, 9.17) is 17.3 Å². The average molecular weight is 475 g/mol. The Kier molecular flexibility index (Phi) is 5.13. The van der Waals surface area contributed by atoms with Crippen molar-refractivity contribution in [3.63, 3.8) is 0 Å². The quantitative estimate of drug-likeness (QED) is 0.527. The zero-order chi connectivity index (χ0) is 23.5. The van der Waals surface area contributed by atoms with Crippen molar-refractivity contribution < 1.29 is 14.3 Å². The monoisotopic (exact) mass is 474 g/mol. The van der Waals surface area contributed by atoms with Crippen LogP contribution in [0.5, 0.6) is 0 Å². The SMILES string of the molecule is Cn1nnnc1C1(O)CC2CC(c3nn(C)c(N)c3C(=O)Nc3ccc(F)c(Cl)c3)CC2C1. The lowest BCUT2D eigenvalue weighted by atomic mass is 9.91. The predicted octanol–water partition coefficient (Wildman–Crippen LogP) is 2.36. The summed E-state index contributed by atoms with van der Waals surface area (Å²) in [4.78, 5) is 13.1. The van der Waals surface area contributed by atoms with Crippen LogP contribution < -0.4 is 11.1 Å². The van der Waals surface area contributed by atoms with Crippen LogP contribution in [0.2, 0.25) is 5.02 Å². The molecule has 2 unspecified atom stereocenters. The summed E-state index contributed by atoms with van der Waals surface area (Å²) >= 11 is 5.84. The standard InChI is InChI=1S/C21H24ClFN8O2/c1-30-18(24)16(19(32)25-13-3-4-15(23)14(22)7-13)17(27-30)10-5-11-8-21(33,9-12(11)6-10)20-26-28-29-31(20)2/h3-4,7,10-12,33H,5-6,8-9,24H2,1-2H3,(H,25,32). The zero-order valence-corrected chi connectivity index (χ0v) is 18.9. The highest BCUT2D eigenvalue weighted by Crippen LogP contribution is 2.56. The van der Waals surface area contributed by atoms with Crippen LogP contribution in [0.25, 0.3) is 0 Å². The molecular formula is C21H24ClFN8O2. The van der Waals surface area contributed by atoms with E-state index >= 15 is 0 Å². The molecule has 0 radical (unpaired) electrons. The first-order valence-corrected chi connectivity index (χ1v) is 11.1. The number of hydrogen-bond acceptors (Lipinski definition) is 7. The van der Waals surface area contributed by atoms with E-state index in [-0.39, 0.29) is 28.6 Å². The number of nitrogen functional groups attached to an aromatic ring is 1. The second kappa shape index (κ2) is 7.77. The third kappa shape index (κ3) is 3.65. The first-order chi connectivity index (χ1) is 15.7. The third-order valence-corrected chi connectivity index (χ3v) is 7.28. The van der Waals surface area contributed by atoms with Crippen molar-refractivity contribution in [1.82, 2.24) is 30.0 Å². The van der Waals surface area contributed by atoms with Gasteiger partial charge < -0.3 is 16.2 Å². The summed E-state index contributed by atoms with van der Waals surface area (Å²) in [6, 6.07) is 3.98. The number of nitrogens with two attached hydrogens (primary N) is 1. The van der Waals surface area contributed by atoms with E-state index < -0.39 is 17.3 Å². The van der Waals surface area contributed by atoms with Crippen LogP contribution in [0.1, 0.15) is 53.5 Å². The number of rotatable bonds is 4. The Hall–Kier alpha value is -3.05. The van der Waals surface area contributed by atoms with Gasteiger partial charge in [0.1, 0.15) is 22.8 Å². The van der Waals surface area contributed by atoms with Gasteiger partial charge in [-0.25, -0.2) is 9.07 Å². The highest BCUT2D eigenvalue weighted by atomic mass is 35.5. The predicted molar refractivity (Wildman–Crippen MR) is 118 cm³/mol. The van der Waals surface area contributed by atoms with E-state index in [1.165, 1.54) is 27.6 Å². The Bertz CT molecular complexity index is 1230. The van der Waals surface area contributed by atoms with Crippen LogP contribution in [-0.4, -0.2) is 41.0 Å². The molecule has 3 aromatic rings. The lowest BCUT2D eigenvalue weighted by Gasteiger charge is -2.22. The molecule has 174 valence electrons. The average Bonchev–Trinajstić information content (AvgIpc) is 3.48. The number of nitrogens with one attached hydrogen (secondary N) is 1. The summed E-state index contributed by atoms with van der Waals surface area (Å²) in [7, 11) is 3.42. The van der Waals surface area contributed by atoms with Gasteiger partial charge in [0.25, 0.3) is 5.91 Å². The van der Waals surface area contributed by atoms with Gasteiger partial charge in [-0.3, -0.25) is 9.48 Å². The van der Waals surface area contributed by atoms with Gasteiger partial charge >= 0.3 is 0 Å². The summed E-state index contributed by atoms with van der Waals surface area (Å²) in [5.41, 5.74) is 6.48. The lowest BCUT2D eigenvalue weighted by Crippen LogP contribution is -2.27. The van der Waals surface area contributed by atoms with Crippen molar-refractivity contribution in [1.29, 1.82) is 0 Å². The van der Waals surface area contributed by atoms with Gasteiger partial charge in [0, 0.05) is 25.7 Å². The molecule has 2 aromatic heterocycles.